The second-order valence-corrected chi connectivity index (χ2v) is 4.04. The Morgan fingerprint density at radius 2 is 2.27 bits per heavy atom. The number of aromatic nitrogens is 1. The van der Waals surface area contributed by atoms with E-state index in [1.165, 1.54) is 18.7 Å². The zero-order chi connectivity index (χ0) is 10.8. The first-order valence-corrected chi connectivity index (χ1v) is 5.24. The van der Waals surface area contributed by atoms with E-state index in [9.17, 15) is 4.79 Å². The van der Waals surface area contributed by atoms with Gasteiger partial charge in [0.05, 0.1) is 15.8 Å². The van der Waals surface area contributed by atoms with E-state index in [1.807, 2.05) is 0 Å². The maximum atomic E-state index is 11.9. The smallest absolute Gasteiger partial charge is 0.230 e. The van der Waals surface area contributed by atoms with Crippen LogP contribution in [-0.4, -0.2) is 10.8 Å². The van der Waals surface area contributed by atoms with Crippen molar-refractivity contribution in [3.63, 3.8) is 0 Å². The second kappa shape index (κ2) is 4.16. The summed E-state index contributed by atoms with van der Waals surface area (Å²) in [6, 6.07) is 3.21. The Kier molecular flexibility index (Phi) is 2.88. The van der Waals surface area contributed by atoms with Crippen molar-refractivity contribution in [2.75, 3.05) is 0 Å². The van der Waals surface area contributed by atoms with Crippen molar-refractivity contribution in [2.45, 2.75) is 0 Å². The maximum absolute atomic E-state index is 11.9. The zero-order valence-electron chi connectivity index (χ0n) is 7.41. The Morgan fingerprint density at radius 1 is 1.47 bits per heavy atom. The third-order valence-electron chi connectivity index (χ3n) is 1.84. The fourth-order valence-electron chi connectivity index (χ4n) is 1.14. The molecule has 0 aliphatic heterocycles. The van der Waals surface area contributed by atoms with Gasteiger partial charge in [-0.3, -0.25) is 9.78 Å². The number of hydrogen-bond acceptors (Lipinski definition) is 3. The molecule has 15 heavy (non-hydrogen) atoms. The minimum Gasteiger partial charge on any atom is -0.460 e. The first-order valence-electron chi connectivity index (χ1n) is 4.07. The molecule has 2 aromatic rings. The number of furan rings is 1. The fourth-order valence-corrected chi connectivity index (χ4v) is 1.72. The third kappa shape index (κ3) is 1.96. The summed E-state index contributed by atoms with van der Waals surface area (Å²) in [6.07, 6.45) is 4.37. The number of nitrogens with zero attached hydrogens (tertiary/aromatic N) is 1. The van der Waals surface area contributed by atoms with E-state index in [4.69, 9.17) is 16.0 Å². The van der Waals surface area contributed by atoms with Crippen molar-refractivity contribution in [2.24, 2.45) is 0 Å². The van der Waals surface area contributed by atoms with Crippen LogP contribution in [0.15, 0.2) is 39.7 Å². The molecule has 0 fully saturated rings. The van der Waals surface area contributed by atoms with Crippen LogP contribution >= 0.6 is 27.5 Å². The van der Waals surface area contributed by atoms with Gasteiger partial charge in [0.25, 0.3) is 0 Å². The number of carbonyl (C=O) groups excluding carboxylic acids is 1. The number of hydrogen-bond donors (Lipinski definition) is 0. The van der Waals surface area contributed by atoms with E-state index in [1.54, 1.807) is 12.1 Å². The molecule has 0 N–H and O–H groups in total. The van der Waals surface area contributed by atoms with E-state index in [2.05, 4.69) is 20.9 Å². The van der Waals surface area contributed by atoms with E-state index in [0.29, 0.717) is 15.1 Å². The van der Waals surface area contributed by atoms with Crippen LogP contribution < -0.4 is 0 Å². The van der Waals surface area contributed by atoms with Gasteiger partial charge in [-0.15, -0.1) is 0 Å². The molecular formula is C10H5BrClNO2. The lowest BCUT2D eigenvalue weighted by Crippen LogP contribution is -2.01. The molecule has 0 radical (unpaired) electrons. The van der Waals surface area contributed by atoms with E-state index < -0.39 is 0 Å². The minimum absolute atomic E-state index is 0.239. The molecule has 0 aromatic carbocycles. The Labute approximate surface area is 99.2 Å². The monoisotopic (exact) mass is 285 g/mol. The Bertz CT molecular complexity index is 510. The quantitative estimate of drug-likeness (QED) is 0.795. The topological polar surface area (TPSA) is 43.1 Å². The van der Waals surface area contributed by atoms with Gasteiger partial charge in [0, 0.05) is 18.0 Å². The SMILES string of the molecule is O=C(c1ccncc1Cl)c1occc1Br. The molecule has 0 saturated heterocycles. The normalized spacial score (nSPS) is 10.3. The van der Waals surface area contributed by atoms with Gasteiger partial charge in [-0.2, -0.15) is 0 Å². The molecular weight excluding hydrogens is 281 g/mol. The Hall–Kier alpha value is -1.13. The second-order valence-electron chi connectivity index (χ2n) is 2.78. The van der Waals surface area contributed by atoms with Gasteiger partial charge in [0.2, 0.25) is 5.78 Å². The summed E-state index contributed by atoms with van der Waals surface area (Å²) >= 11 is 9.06. The molecule has 0 saturated carbocycles. The molecule has 5 heteroatoms. The summed E-state index contributed by atoms with van der Waals surface area (Å²) in [6.45, 7) is 0. The van der Waals surface area contributed by atoms with Gasteiger partial charge >= 0.3 is 0 Å². The van der Waals surface area contributed by atoms with E-state index in [0.717, 1.165) is 0 Å². The van der Waals surface area contributed by atoms with Crippen LogP contribution in [0.5, 0.6) is 0 Å². The molecule has 0 spiro atoms. The fraction of sp³-hybridized carbons (Fsp3) is 0. The highest BCUT2D eigenvalue weighted by molar-refractivity contribution is 9.10. The molecule has 0 aliphatic carbocycles. The van der Waals surface area contributed by atoms with Crippen molar-refractivity contribution in [1.82, 2.24) is 4.98 Å². The lowest BCUT2D eigenvalue weighted by Gasteiger charge is -1.99. The zero-order valence-corrected chi connectivity index (χ0v) is 9.75. The largest absolute Gasteiger partial charge is 0.460 e. The molecule has 0 unspecified atom stereocenters. The van der Waals surface area contributed by atoms with Gasteiger partial charge in [0.1, 0.15) is 0 Å². The minimum atomic E-state index is -0.265. The van der Waals surface area contributed by atoms with Gasteiger partial charge in [0.15, 0.2) is 5.76 Å². The number of ketones is 1. The van der Waals surface area contributed by atoms with Gasteiger partial charge in [-0.25, -0.2) is 0 Å². The molecule has 76 valence electrons. The lowest BCUT2D eigenvalue weighted by molar-refractivity contribution is 0.101. The molecule has 0 bridgehead atoms. The summed E-state index contributed by atoms with van der Waals surface area (Å²) in [5, 5.41) is 0.311. The van der Waals surface area contributed by atoms with Crippen molar-refractivity contribution >= 4 is 33.3 Å². The molecule has 3 nitrogen and oxygen atoms in total. The molecule has 2 aromatic heterocycles. The van der Waals surface area contributed by atoms with Crippen molar-refractivity contribution < 1.29 is 9.21 Å². The van der Waals surface area contributed by atoms with Crippen LogP contribution in [0, 0.1) is 0 Å². The first kappa shape index (κ1) is 10.4. The van der Waals surface area contributed by atoms with Gasteiger partial charge in [-0.05, 0) is 28.1 Å². The van der Waals surface area contributed by atoms with Gasteiger partial charge < -0.3 is 4.42 Å². The summed E-state index contributed by atoms with van der Waals surface area (Å²) in [7, 11) is 0. The summed E-state index contributed by atoms with van der Waals surface area (Å²) in [5.74, 6) is -0.0256. The maximum Gasteiger partial charge on any atom is 0.230 e. The Morgan fingerprint density at radius 3 is 2.87 bits per heavy atom. The molecule has 0 amide bonds. The third-order valence-corrected chi connectivity index (χ3v) is 2.77. The highest BCUT2D eigenvalue weighted by atomic mass is 79.9. The van der Waals surface area contributed by atoms with Crippen LogP contribution in [0.2, 0.25) is 5.02 Å². The molecule has 0 atom stereocenters. The van der Waals surface area contributed by atoms with E-state index >= 15 is 0 Å². The number of halogens is 2. The average molecular weight is 287 g/mol. The van der Waals surface area contributed by atoms with Crippen molar-refractivity contribution in [3.8, 4) is 0 Å². The lowest BCUT2D eigenvalue weighted by atomic mass is 10.1. The summed E-state index contributed by atoms with van der Waals surface area (Å²) in [5.41, 5.74) is 0.377. The highest BCUT2D eigenvalue weighted by Gasteiger charge is 2.18. The van der Waals surface area contributed by atoms with Crippen molar-refractivity contribution in [3.05, 3.63) is 51.6 Å². The highest BCUT2D eigenvalue weighted by Crippen LogP contribution is 2.24. The van der Waals surface area contributed by atoms with Gasteiger partial charge in [-0.1, -0.05) is 11.6 Å². The van der Waals surface area contributed by atoms with Crippen molar-refractivity contribution in [1.29, 1.82) is 0 Å². The average Bonchev–Trinajstić information content (AvgIpc) is 2.64. The van der Waals surface area contributed by atoms with Crippen LogP contribution in [-0.2, 0) is 0 Å². The number of carbonyl (C=O) groups is 1. The van der Waals surface area contributed by atoms with E-state index in [-0.39, 0.29) is 11.5 Å². The van der Waals surface area contributed by atoms with Crippen LogP contribution in [0.4, 0.5) is 0 Å². The Balaban J connectivity index is 2.46. The summed E-state index contributed by atoms with van der Waals surface area (Å²) < 4.78 is 5.67. The predicted octanol–water partition coefficient (Wildman–Crippen LogP) is 3.32. The first-order chi connectivity index (χ1) is 7.20. The summed E-state index contributed by atoms with van der Waals surface area (Å²) in [4.78, 5) is 15.7. The van der Waals surface area contributed by atoms with Crippen LogP contribution in [0.3, 0.4) is 0 Å². The standard InChI is InChI=1S/C10H5BrClNO2/c11-7-2-4-15-10(7)9(14)6-1-3-13-5-8(6)12/h1-5H. The van der Waals surface area contributed by atoms with Crippen LogP contribution in [0.25, 0.3) is 0 Å². The molecule has 2 rings (SSSR count). The number of pyridine rings is 1. The van der Waals surface area contributed by atoms with Crippen LogP contribution in [0.1, 0.15) is 16.1 Å². The molecule has 2 heterocycles. The molecule has 0 aliphatic rings. The number of rotatable bonds is 2. The predicted molar refractivity (Wildman–Crippen MR) is 59.1 cm³/mol.